The van der Waals surface area contributed by atoms with Crippen molar-refractivity contribution in [2.24, 2.45) is 0 Å². The smallest absolute Gasteiger partial charge is 0.328 e. The second-order valence-corrected chi connectivity index (χ2v) is 14.3. The first-order chi connectivity index (χ1) is 26.7. The molecule has 8 amide bonds. The summed E-state index contributed by atoms with van der Waals surface area (Å²) in [5.74, 6) is -6.85. The minimum Gasteiger partial charge on any atom is -0.480 e. The van der Waals surface area contributed by atoms with Crippen LogP contribution in [0.4, 0.5) is 0 Å². The average Bonchev–Trinajstić information content (AvgIpc) is 4.03. The molecule has 4 aliphatic heterocycles. The quantitative estimate of drug-likeness (QED) is 0.0656. The summed E-state index contributed by atoms with van der Waals surface area (Å²) in [5.41, 5.74) is 0. The van der Waals surface area contributed by atoms with Crippen molar-refractivity contribution in [1.82, 2.24) is 46.6 Å². The highest BCUT2D eigenvalue weighted by Gasteiger charge is 2.46. The van der Waals surface area contributed by atoms with Gasteiger partial charge in [-0.15, -0.1) is 0 Å². The highest BCUT2D eigenvalue weighted by Crippen LogP contribution is 2.28. The number of amides is 8. The van der Waals surface area contributed by atoms with Gasteiger partial charge in [-0.05, 0) is 64.8 Å². The number of aliphatic hydroxyl groups is 3. The van der Waals surface area contributed by atoms with E-state index < -0.39 is 128 Å². The molecule has 312 valence electrons. The van der Waals surface area contributed by atoms with Crippen molar-refractivity contribution in [2.75, 3.05) is 52.5 Å². The predicted molar refractivity (Wildman–Crippen MR) is 191 cm³/mol. The van der Waals surface area contributed by atoms with Gasteiger partial charge in [0.1, 0.15) is 42.3 Å². The summed E-state index contributed by atoms with van der Waals surface area (Å²) in [5, 5.41) is 52.4. The number of rotatable bonds is 17. The number of carboxylic acid groups (broad SMARTS) is 1. The van der Waals surface area contributed by atoms with E-state index in [4.69, 9.17) is 0 Å². The van der Waals surface area contributed by atoms with Crippen LogP contribution in [0.15, 0.2) is 0 Å². The Morgan fingerprint density at radius 1 is 0.625 bits per heavy atom. The Labute approximate surface area is 322 Å². The van der Waals surface area contributed by atoms with Crippen LogP contribution < -0.4 is 31.9 Å². The fraction of sp³-hybridized carbons (Fsp3) is 0.735. The highest BCUT2D eigenvalue weighted by molar-refractivity contribution is 5.98. The topological polar surface area (TPSA) is 316 Å². The van der Waals surface area contributed by atoms with Crippen LogP contribution in [0.5, 0.6) is 0 Å². The van der Waals surface area contributed by atoms with Gasteiger partial charge >= 0.3 is 5.97 Å². The largest absolute Gasteiger partial charge is 0.480 e. The summed E-state index contributed by atoms with van der Waals surface area (Å²) in [6.45, 7) is -0.447. The number of carbonyl (C=O) groups excluding carboxylic acids is 8. The maximum absolute atomic E-state index is 13.9. The fourth-order valence-electron chi connectivity index (χ4n) is 7.45. The van der Waals surface area contributed by atoms with Crippen LogP contribution in [0, 0.1) is 0 Å². The molecule has 0 bridgehead atoms. The van der Waals surface area contributed by atoms with E-state index in [0.29, 0.717) is 45.1 Å². The Bertz CT molecular complexity index is 1510. The van der Waals surface area contributed by atoms with Gasteiger partial charge < -0.3 is 67.0 Å². The number of hydrogen-bond acceptors (Lipinski definition) is 13. The molecule has 56 heavy (non-hydrogen) atoms. The fourth-order valence-corrected chi connectivity index (χ4v) is 7.45. The van der Waals surface area contributed by atoms with Gasteiger partial charge in [0, 0.05) is 19.6 Å². The molecule has 0 aliphatic carbocycles. The van der Waals surface area contributed by atoms with Gasteiger partial charge in [0.25, 0.3) is 0 Å². The van der Waals surface area contributed by atoms with Crippen molar-refractivity contribution < 1.29 is 63.6 Å². The Hall–Kier alpha value is -4.93. The molecule has 4 aliphatic rings. The number of aliphatic hydroxyl groups excluding tert-OH is 3. The number of carboxylic acids is 1. The molecule has 0 radical (unpaired) electrons. The third-order valence-electron chi connectivity index (χ3n) is 10.5. The zero-order chi connectivity index (χ0) is 41.1. The van der Waals surface area contributed by atoms with Gasteiger partial charge in [0.15, 0.2) is 0 Å². The van der Waals surface area contributed by atoms with Crippen molar-refractivity contribution in [2.45, 2.75) is 107 Å². The van der Waals surface area contributed by atoms with E-state index in [1.54, 1.807) is 0 Å². The number of carbonyl (C=O) groups is 9. The van der Waals surface area contributed by atoms with Crippen LogP contribution in [-0.2, 0) is 43.2 Å². The van der Waals surface area contributed by atoms with Crippen molar-refractivity contribution in [1.29, 1.82) is 0 Å². The Morgan fingerprint density at radius 3 is 1.70 bits per heavy atom. The molecule has 4 fully saturated rings. The van der Waals surface area contributed by atoms with Crippen LogP contribution in [0.25, 0.3) is 0 Å². The van der Waals surface area contributed by atoms with Crippen LogP contribution in [0.3, 0.4) is 0 Å². The van der Waals surface area contributed by atoms with Crippen LogP contribution in [0.2, 0.25) is 0 Å². The second-order valence-electron chi connectivity index (χ2n) is 14.3. The molecule has 8 unspecified atom stereocenters. The molecule has 0 aromatic carbocycles. The monoisotopic (exact) mass is 795 g/mol. The minimum absolute atomic E-state index is 0.201. The van der Waals surface area contributed by atoms with E-state index >= 15 is 0 Å². The number of nitrogens with zero attached hydrogens (tertiary/aromatic N) is 3. The van der Waals surface area contributed by atoms with E-state index in [1.807, 2.05) is 0 Å². The lowest BCUT2D eigenvalue weighted by atomic mass is 10.1. The van der Waals surface area contributed by atoms with Crippen molar-refractivity contribution in [3.05, 3.63) is 0 Å². The third-order valence-corrected chi connectivity index (χ3v) is 10.5. The lowest BCUT2D eigenvalue weighted by Gasteiger charge is -2.34. The molecule has 4 saturated heterocycles. The number of nitrogens with one attached hydrogen (secondary N) is 6. The standard InChI is InChI=1S/C34H53N9O13/c1-18(37-26(47)14-36-27(48)20(15-44)38-29(50)21(16-45)39-28(49)19-6-2-10-35-19)31(52)42-12-4-8-24(42)33(54)43-13-5-9-25(43)32(53)41-11-3-7-23(41)30(51)40-22(17-46)34(55)56/h18-25,35,44-46H,2-17H2,1H3,(H,36,48)(H,37,47)(H,38,50)(H,39,49)(H,40,51)(H,55,56). The van der Waals surface area contributed by atoms with Gasteiger partial charge in [-0.2, -0.15) is 0 Å². The molecule has 8 atom stereocenters. The molecule has 10 N–H and O–H groups in total. The molecular weight excluding hydrogens is 742 g/mol. The molecule has 22 heteroatoms. The third kappa shape index (κ3) is 10.7. The number of likely N-dealkylation sites (tertiary alicyclic amines) is 3. The van der Waals surface area contributed by atoms with E-state index in [2.05, 4.69) is 31.9 Å². The van der Waals surface area contributed by atoms with Crippen LogP contribution in [0.1, 0.15) is 58.3 Å². The first-order valence-corrected chi connectivity index (χ1v) is 18.9. The van der Waals surface area contributed by atoms with Gasteiger partial charge in [0.2, 0.25) is 47.3 Å². The van der Waals surface area contributed by atoms with Crippen molar-refractivity contribution in [3.63, 3.8) is 0 Å². The van der Waals surface area contributed by atoms with Crippen molar-refractivity contribution in [3.8, 4) is 0 Å². The maximum Gasteiger partial charge on any atom is 0.328 e. The van der Waals surface area contributed by atoms with Gasteiger partial charge in [0.05, 0.1) is 32.4 Å². The molecule has 0 spiro atoms. The Balaban J connectivity index is 1.28. The molecule has 4 heterocycles. The molecule has 0 saturated carbocycles. The summed E-state index contributed by atoms with van der Waals surface area (Å²) < 4.78 is 0. The molecule has 0 aromatic heterocycles. The lowest BCUT2D eigenvalue weighted by molar-refractivity contribution is -0.151. The van der Waals surface area contributed by atoms with E-state index in [-0.39, 0.29) is 26.1 Å². The molecular formula is C34H53N9O13. The van der Waals surface area contributed by atoms with Crippen LogP contribution >= 0.6 is 0 Å². The Morgan fingerprint density at radius 2 is 1.14 bits per heavy atom. The van der Waals surface area contributed by atoms with Crippen LogP contribution in [-0.4, -0.2) is 189 Å². The zero-order valence-electron chi connectivity index (χ0n) is 31.2. The first kappa shape index (κ1) is 43.8. The number of hydrogen-bond donors (Lipinski definition) is 10. The lowest BCUT2D eigenvalue weighted by Crippen LogP contribution is -2.59. The van der Waals surface area contributed by atoms with Gasteiger partial charge in [-0.3, -0.25) is 38.4 Å². The molecule has 4 rings (SSSR count). The summed E-state index contributed by atoms with van der Waals surface area (Å²) >= 11 is 0. The predicted octanol–water partition coefficient (Wildman–Crippen LogP) is -6.15. The highest BCUT2D eigenvalue weighted by atomic mass is 16.4. The summed E-state index contributed by atoms with van der Waals surface area (Å²) in [6.07, 6.45) is 3.66. The maximum atomic E-state index is 13.9. The Kier molecular flexibility index (Phi) is 15.9. The zero-order valence-corrected chi connectivity index (χ0v) is 31.2. The van der Waals surface area contributed by atoms with E-state index in [1.165, 1.54) is 21.6 Å². The SMILES string of the molecule is CC(NC(=O)CNC(=O)C(CO)NC(=O)C(CO)NC(=O)C1CCCN1)C(=O)N1CCCC1C(=O)N1CCCC1C(=O)N1CCCC1C(=O)NC(CO)C(=O)O. The summed E-state index contributed by atoms with van der Waals surface area (Å²) in [7, 11) is 0. The molecule has 22 nitrogen and oxygen atoms in total. The van der Waals surface area contributed by atoms with E-state index in [0.717, 1.165) is 6.42 Å². The average molecular weight is 796 g/mol. The molecule has 0 aromatic rings. The minimum atomic E-state index is -1.54. The first-order valence-electron chi connectivity index (χ1n) is 18.9. The summed E-state index contributed by atoms with van der Waals surface area (Å²) in [4.78, 5) is 120. The number of aliphatic carboxylic acids is 1. The van der Waals surface area contributed by atoms with Gasteiger partial charge in [-0.1, -0.05) is 0 Å². The second kappa shape index (κ2) is 20.3. The van der Waals surface area contributed by atoms with E-state index in [9.17, 15) is 63.6 Å². The van der Waals surface area contributed by atoms with Crippen molar-refractivity contribution >= 4 is 53.2 Å². The summed E-state index contributed by atoms with van der Waals surface area (Å²) in [6, 6.07) is -8.94. The van der Waals surface area contributed by atoms with Gasteiger partial charge in [-0.25, -0.2) is 4.79 Å². The normalized spacial score (nSPS) is 24.1.